The Balaban J connectivity index is 1.45. The van der Waals surface area contributed by atoms with Crippen molar-refractivity contribution in [1.29, 1.82) is 0 Å². The van der Waals surface area contributed by atoms with Crippen molar-refractivity contribution in [3.8, 4) is 0 Å². The van der Waals surface area contributed by atoms with Crippen molar-refractivity contribution < 1.29 is 32.4 Å². The Morgan fingerprint density at radius 3 is 2.29 bits per heavy atom. The first-order valence-corrected chi connectivity index (χ1v) is 12.8. The van der Waals surface area contributed by atoms with Gasteiger partial charge >= 0.3 is 6.18 Å². The molecule has 204 valence electrons. The van der Waals surface area contributed by atoms with Gasteiger partial charge in [0.25, 0.3) is 11.8 Å². The maximum absolute atomic E-state index is 13.0. The number of hydrogen-bond acceptors (Lipinski definition) is 4. The van der Waals surface area contributed by atoms with Gasteiger partial charge in [-0.3, -0.25) is 19.2 Å². The lowest BCUT2D eigenvalue weighted by atomic mass is 10.1. The normalized spacial score (nSPS) is 22.4. The molecule has 7 nitrogen and oxygen atoms in total. The van der Waals surface area contributed by atoms with Crippen LogP contribution in [0.2, 0.25) is 20.1 Å². The average molecular weight is 654 g/mol. The van der Waals surface area contributed by atoms with Crippen LogP contribution in [0.25, 0.3) is 0 Å². The number of carbonyl (C=O) groups excluding carboxylic acids is 3. The molecule has 2 fully saturated rings. The standard InChI is InChI=1S/C22H14Cl6F3N3O4/c23-11-2-1-9(5-10(11)18(35)33-14-6-38-34(20(14)37)7-21(29,30)31)32-19(36)16-15(22(16,27)28)8-3-12(24)17(26)13(25)4-8/h1-5,14-16H,6-7H2,(H,32,36)(H,33,35)/t14-,15-,16+/m1/s1. The third kappa shape index (κ3) is 6.06. The van der Waals surface area contributed by atoms with E-state index in [0.29, 0.717) is 5.56 Å². The van der Waals surface area contributed by atoms with Crippen molar-refractivity contribution in [3.05, 3.63) is 61.5 Å². The highest BCUT2D eigenvalue weighted by molar-refractivity contribution is 6.54. The summed E-state index contributed by atoms with van der Waals surface area (Å²) in [5.74, 6) is -4.11. The largest absolute Gasteiger partial charge is 0.408 e. The number of nitrogens with zero attached hydrogens (tertiary/aromatic N) is 1. The number of hydroxylamine groups is 2. The molecule has 0 unspecified atom stereocenters. The molecule has 0 bridgehead atoms. The van der Waals surface area contributed by atoms with Gasteiger partial charge in [-0.05, 0) is 35.9 Å². The fourth-order valence-electron chi connectivity index (χ4n) is 3.92. The lowest BCUT2D eigenvalue weighted by Gasteiger charge is -2.16. The van der Waals surface area contributed by atoms with Crippen LogP contribution in [0.1, 0.15) is 21.8 Å². The van der Waals surface area contributed by atoms with Gasteiger partial charge in [0, 0.05) is 11.6 Å². The Kier molecular flexibility index (Phi) is 8.28. The highest BCUT2D eigenvalue weighted by atomic mass is 35.5. The summed E-state index contributed by atoms with van der Waals surface area (Å²) in [6.07, 6.45) is -4.68. The average Bonchev–Trinajstić information content (AvgIpc) is 3.26. The Bertz CT molecular complexity index is 1300. The molecular formula is C22H14Cl6F3N3O4. The molecule has 1 saturated carbocycles. The van der Waals surface area contributed by atoms with E-state index in [0.717, 1.165) is 0 Å². The highest BCUT2D eigenvalue weighted by Gasteiger charge is 2.67. The molecule has 2 N–H and O–H groups in total. The Morgan fingerprint density at radius 2 is 1.68 bits per heavy atom. The second-order valence-corrected chi connectivity index (χ2v) is 11.5. The van der Waals surface area contributed by atoms with Crippen LogP contribution >= 0.6 is 69.6 Å². The first-order chi connectivity index (χ1) is 17.6. The molecule has 2 aromatic rings. The van der Waals surface area contributed by atoms with Gasteiger partial charge in [-0.25, -0.2) is 5.06 Å². The number of rotatable bonds is 6. The van der Waals surface area contributed by atoms with Crippen LogP contribution in [0.4, 0.5) is 18.9 Å². The molecule has 0 radical (unpaired) electrons. The van der Waals surface area contributed by atoms with E-state index in [1.165, 1.54) is 30.3 Å². The minimum Gasteiger partial charge on any atom is -0.338 e. The number of hydrogen-bond donors (Lipinski definition) is 2. The summed E-state index contributed by atoms with van der Waals surface area (Å²) in [6.45, 7) is -2.12. The minimum atomic E-state index is -4.68. The molecule has 0 spiro atoms. The van der Waals surface area contributed by atoms with Crippen molar-refractivity contribution in [2.24, 2.45) is 5.92 Å². The van der Waals surface area contributed by atoms with E-state index in [1.54, 1.807) is 0 Å². The summed E-state index contributed by atoms with van der Waals surface area (Å²) in [4.78, 5) is 42.6. The van der Waals surface area contributed by atoms with Crippen LogP contribution in [0.3, 0.4) is 0 Å². The second kappa shape index (κ2) is 10.7. The molecule has 2 aromatic carbocycles. The Morgan fingerprint density at radius 1 is 1.05 bits per heavy atom. The topological polar surface area (TPSA) is 87.7 Å². The van der Waals surface area contributed by atoms with Crippen molar-refractivity contribution >= 4 is 93.0 Å². The van der Waals surface area contributed by atoms with Crippen LogP contribution in [-0.4, -0.2) is 52.5 Å². The summed E-state index contributed by atoms with van der Waals surface area (Å²) < 4.78 is 36.2. The quantitative estimate of drug-likeness (QED) is 0.285. The molecule has 4 rings (SSSR count). The van der Waals surface area contributed by atoms with Gasteiger partial charge in [0.15, 0.2) is 0 Å². The molecule has 16 heteroatoms. The maximum Gasteiger partial charge on any atom is 0.408 e. The molecule has 38 heavy (non-hydrogen) atoms. The number of alkyl halides is 5. The van der Waals surface area contributed by atoms with E-state index < -0.39 is 59.3 Å². The second-order valence-electron chi connectivity index (χ2n) is 8.42. The van der Waals surface area contributed by atoms with Crippen LogP contribution < -0.4 is 10.6 Å². The molecule has 1 aliphatic heterocycles. The predicted molar refractivity (Wildman–Crippen MR) is 137 cm³/mol. The van der Waals surface area contributed by atoms with Gasteiger partial charge in [0.05, 0.1) is 31.6 Å². The third-order valence-corrected chi connectivity index (χ3v) is 8.22. The molecule has 3 atom stereocenters. The molecule has 1 saturated heterocycles. The van der Waals surface area contributed by atoms with E-state index in [9.17, 15) is 27.6 Å². The third-order valence-electron chi connectivity index (χ3n) is 5.75. The van der Waals surface area contributed by atoms with Gasteiger partial charge in [-0.1, -0.05) is 46.4 Å². The molecular weight excluding hydrogens is 640 g/mol. The van der Waals surface area contributed by atoms with Gasteiger partial charge < -0.3 is 10.6 Å². The summed E-state index contributed by atoms with van der Waals surface area (Å²) >= 11 is 37.0. The zero-order chi connectivity index (χ0) is 28.2. The van der Waals surface area contributed by atoms with Crippen molar-refractivity contribution in [1.82, 2.24) is 10.4 Å². The van der Waals surface area contributed by atoms with Crippen LogP contribution in [0.5, 0.6) is 0 Å². The van der Waals surface area contributed by atoms with Crippen LogP contribution in [-0.2, 0) is 14.4 Å². The number of benzene rings is 2. The van der Waals surface area contributed by atoms with Crippen LogP contribution in [0, 0.1) is 5.92 Å². The lowest BCUT2D eigenvalue weighted by Crippen LogP contribution is -2.44. The highest BCUT2D eigenvalue weighted by Crippen LogP contribution is 2.65. The molecule has 3 amide bonds. The summed E-state index contributed by atoms with van der Waals surface area (Å²) in [5, 5.41) is 5.41. The summed E-state index contributed by atoms with van der Waals surface area (Å²) in [6, 6.07) is 5.58. The van der Waals surface area contributed by atoms with Gasteiger partial charge in [0.1, 0.15) is 23.5 Å². The lowest BCUT2D eigenvalue weighted by molar-refractivity contribution is -0.214. The monoisotopic (exact) mass is 651 g/mol. The summed E-state index contributed by atoms with van der Waals surface area (Å²) in [5.41, 5.74) is 0.478. The number of nitrogens with one attached hydrogen (secondary N) is 2. The van der Waals surface area contributed by atoms with Crippen molar-refractivity contribution in [2.45, 2.75) is 22.5 Å². The van der Waals surface area contributed by atoms with E-state index in [1.807, 2.05) is 0 Å². The van der Waals surface area contributed by atoms with E-state index in [2.05, 4.69) is 10.6 Å². The maximum atomic E-state index is 13.0. The zero-order valence-electron chi connectivity index (χ0n) is 18.5. The molecule has 0 aromatic heterocycles. The number of carbonyl (C=O) groups is 3. The van der Waals surface area contributed by atoms with E-state index in [4.69, 9.17) is 74.4 Å². The van der Waals surface area contributed by atoms with Crippen molar-refractivity contribution in [3.63, 3.8) is 0 Å². The fraction of sp³-hybridized carbons (Fsp3) is 0.318. The van der Waals surface area contributed by atoms with Crippen molar-refractivity contribution in [2.75, 3.05) is 18.5 Å². The molecule has 1 aliphatic carbocycles. The fourth-order valence-corrected chi connectivity index (χ4v) is 5.56. The predicted octanol–water partition coefficient (Wildman–Crippen LogP) is 6.26. The SMILES string of the molecule is O=C(N[C@@H]1CON(CC(F)(F)F)C1=O)c1cc(NC(=O)[C@@H]2[C@@H](c3cc(Cl)c(Cl)c(Cl)c3)C2(Cl)Cl)ccc1Cl. The number of halogens is 9. The zero-order valence-corrected chi connectivity index (χ0v) is 23.1. The smallest absolute Gasteiger partial charge is 0.338 e. The Labute approximate surface area is 243 Å². The molecule has 2 aliphatic rings. The van der Waals surface area contributed by atoms with E-state index >= 15 is 0 Å². The van der Waals surface area contributed by atoms with Gasteiger partial charge in [-0.2, -0.15) is 13.2 Å². The first kappa shape index (κ1) is 29.3. The minimum absolute atomic E-state index is 0.0437. The van der Waals surface area contributed by atoms with Gasteiger partial charge in [-0.15, -0.1) is 23.2 Å². The number of amides is 3. The van der Waals surface area contributed by atoms with E-state index in [-0.39, 0.29) is 36.4 Å². The summed E-state index contributed by atoms with van der Waals surface area (Å²) in [7, 11) is 0. The Hall–Kier alpha value is -1.66. The van der Waals surface area contributed by atoms with Crippen LogP contribution in [0.15, 0.2) is 30.3 Å². The molecule has 1 heterocycles. The number of anilines is 1. The van der Waals surface area contributed by atoms with Gasteiger partial charge in [0.2, 0.25) is 5.91 Å². The first-order valence-electron chi connectivity index (χ1n) is 10.5.